The maximum absolute atomic E-state index is 3.48. The van der Waals surface area contributed by atoms with Crippen molar-refractivity contribution in [2.45, 2.75) is 52.4 Å². The van der Waals surface area contributed by atoms with Gasteiger partial charge in [-0.15, -0.1) is 0 Å². The van der Waals surface area contributed by atoms with E-state index in [0.29, 0.717) is 0 Å². The second-order valence-corrected chi connectivity index (χ2v) is 35.1. The van der Waals surface area contributed by atoms with E-state index in [1.807, 2.05) is 0 Å². The lowest BCUT2D eigenvalue weighted by molar-refractivity contribution is 0.590. The largest absolute Gasteiger partial charge is 0.311 e. The third kappa shape index (κ3) is 7.62. The number of hydrogen-bond donors (Lipinski definition) is 0. The van der Waals surface area contributed by atoms with Crippen molar-refractivity contribution in [1.82, 2.24) is 13.7 Å². The number of benzene rings is 13. The summed E-state index contributed by atoms with van der Waals surface area (Å²) < 4.78 is 7.58. The predicted molar refractivity (Wildman–Crippen MR) is 396 cm³/mol. The number of fused-ring (bicyclic) bond motifs is 13. The second kappa shape index (κ2) is 20.0. The molecule has 0 saturated heterocycles. The molecular weight excluding hydrogens is 1150 g/mol. The summed E-state index contributed by atoms with van der Waals surface area (Å²) in [5.41, 5.74) is 17.1. The average molecular weight is 1210 g/mol. The summed E-state index contributed by atoms with van der Waals surface area (Å²) in [6.07, 6.45) is 0. The van der Waals surface area contributed by atoms with Gasteiger partial charge in [0.2, 0.25) is 0 Å². The highest BCUT2D eigenvalue weighted by atomic mass is 28.3. The van der Waals surface area contributed by atoms with E-state index >= 15 is 0 Å². The van der Waals surface area contributed by atoms with Crippen molar-refractivity contribution in [3.8, 4) is 17.1 Å². The van der Waals surface area contributed by atoms with E-state index in [-0.39, 0.29) is 10.8 Å². The Morgan fingerprint density at radius 3 is 1.04 bits per heavy atom. The number of anilines is 3. The van der Waals surface area contributed by atoms with Crippen LogP contribution in [-0.4, -0.2) is 29.8 Å². The molecule has 2 aliphatic heterocycles. The van der Waals surface area contributed by atoms with Crippen LogP contribution in [0.5, 0.6) is 0 Å². The summed E-state index contributed by atoms with van der Waals surface area (Å²) >= 11 is 0. The molecular formula is C86H68N4Si2. The summed E-state index contributed by atoms with van der Waals surface area (Å²) in [4.78, 5) is 2.71. The van der Waals surface area contributed by atoms with E-state index in [1.54, 1.807) is 0 Å². The van der Waals surface area contributed by atoms with Crippen molar-refractivity contribution in [1.29, 1.82) is 0 Å². The van der Waals surface area contributed by atoms with Crippen LogP contribution in [0.1, 0.15) is 52.7 Å². The van der Waals surface area contributed by atoms with E-state index in [2.05, 4.69) is 363 Å². The first kappa shape index (κ1) is 54.4. The van der Waals surface area contributed by atoms with E-state index in [4.69, 9.17) is 0 Å². The van der Waals surface area contributed by atoms with Crippen LogP contribution >= 0.6 is 0 Å². The molecule has 0 aliphatic carbocycles. The van der Waals surface area contributed by atoms with Gasteiger partial charge in [0.25, 0.3) is 0 Å². The molecule has 0 spiro atoms. The molecule has 0 saturated carbocycles. The van der Waals surface area contributed by atoms with Crippen molar-refractivity contribution in [3.05, 3.63) is 314 Å². The van der Waals surface area contributed by atoms with E-state index in [1.165, 1.54) is 135 Å². The fourth-order valence-corrected chi connectivity index (χ4v) is 27.0. The van der Waals surface area contributed by atoms with Gasteiger partial charge in [-0.2, -0.15) is 0 Å². The molecule has 0 amide bonds. The molecule has 0 atom stereocenters. The molecule has 6 heteroatoms. The first-order valence-electron chi connectivity index (χ1n) is 32.5. The highest BCUT2D eigenvalue weighted by Crippen LogP contribution is 2.45. The molecule has 0 fully saturated rings. The lowest BCUT2D eigenvalue weighted by Crippen LogP contribution is -2.82. The molecule has 3 aromatic heterocycles. The highest BCUT2D eigenvalue weighted by Gasteiger charge is 2.56. The molecule has 440 valence electrons. The topological polar surface area (TPSA) is 18.0 Å². The van der Waals surface area contributed by atoms with Crippen LogP contribution in [0.2, 0.25) is 0 Å². The monoisotopic (exact) mass is 1210 g/mol. The normalized spacial score (nSPS) is 14.1. The molecule has 13 aromatic carbocycles. The smallest absolute Gasteiger partial charge is 0.184 e. The first-order valence-corrected chi connectivity index (χ1v) is 36.5. The van der Waals surface area contributed by atoms with Crippen LogP contribution in [0.25, 0.3) is 82.5 Å². The van der Waals surface area contributed by atoms with Gasteiger partial charge in [0.05, 0.1) is 33.1 Å². The molecule has 5 heterocycles. The zero-order valence-corrected chi connectivity index (χ0v) is 54.7. The minimum Gasteiger partial charge on any atom is -0.311 e. The molecule has 2 aliphatic rings. The van der Waals surface area contributed by atoms with Gasteiger partial charge < -0.3 is 18.6 Å². The first-order chi connectivity index (χ1) is 44.9. The van der Waals surface area contributed by atoms with Crippen LogP contribution in [0.15, 0.2) is 303 Å². The molecule has 0 unspecified atom stereocenters. The Labute approximate surface area is 539 Å². The third-order valence-corrected chi connectivity index (χ3v) is 30.3. The van der Waals surface area contributed by atoms with Crippen LogP contribution in [-0.2, 0) is 10.8 Å². The lowest BCUT2D eigenvalue weighted by atomic mass is 9.85. The fraction of sp³-hybridized carbons (Fsp3) is 0.0930. The van der Waals surface area contributed by atoms with Crippen LogP contribution in [0, 0.1) is 0 Å². The van der Waals surface area contributed by atoms with Gasteiger partial charge >= 0.3 is 0 Å². The Balaban J connectivity index is 0.968. The van der Waals surface area contributed by atoms with Crippen LogP contribution < -0.4 is 46.4 Å². The van der Waals surface area contributed by atoms with Crippen molar-refractivity contribution < 1.29 is 0 Å². The van der Waals surface area contributed by atoms with E-state index in [0.717, 1.165) is 17.1 Å². The lowest BCUT2D eigenvalue weighted by Gasteiger charge is -2.52. The van der Waals surface area contributed by atoms with Crippen molar-refractivity contribution >= 4 is 140 Å². The fourth-order valence-electron chi connectivity index (χ4n) is 16.5. The van der Waals surface area contributed by atoms with Gasteiger partial charge in [0.15, 0.2) is 16.1 Å². The van der Waals surface area contributed by atoms with Gasteiger partial charge in [0.1, 0.15) is 0 Å². The minimum atomic E-state index is -3.48. The standard InChI is InChI=1S/C86H68N4Si2/c1-85(2,3)57-46-49-76-70(52-57)71-53-58(86(4,5)6)47-50-77(71)89(76)61-48-51-79-83(56-61)91(62-28-9-7-10-29-62,63-30-11-8-12-31-63)81-44-25-45-82-84(81)90(79)78-42-21-22-43-80(78)92(82,64-32-23-26-59(54-64)87-72-38-17-13-34-66(72)67-35-14-18-39-73(67)87)65-33-24-27-60(55-65)88-74-40-19-15-36-68(74)69-37-16-20-41-75(69)88/h7-56H,1-6H3. The predicted octanol–water partition coefficient (Wildman–Crippen LogP) is 16.4. The summed E-state index contributed by atoms with van der Waals surface area (Å²) in [6.45, 7) is 14.0. The molecule has 0 radical (unpaired) electrons. The van der Waals surface area contributed by atoms with Gasteiger partial charge in [-0.25, -0.2) is 0 Å². The molecule has 16 aromatic rings. The zero-order chi connectivity index (χ0) is 61.8. The highest BCUT2D eigenvalue weighted by molar-refractivity contribution is 7.24. The Morgan fingerprint density at radius 2 is 0.587 bits per heavy atom. The Kier molecular flexibility index (Phi) is 11.8. The van der Waals surface area contributed by atoms with Crippen molar-refractivity contribution in [2.75, 3.05) is 4.90 Å². The molecule has 0 bridgehead atoms. The number of para-hydroxylation sites is 6. The molecule has 0 N–H and O–H groups in total. The average Bonchev–Trinajstić information content (AvgIpc) is 0.938. The maximum Gasteiger partial charge on any atom is 0.184 e. The number of hydrogen-bond acceptors (Lipinski definition) is 1. The van der Waals surface area contributed by atoms with E-state index < -0.39 is 16.1 Å². The number of rotatable bonds is 7. The maximum atomic E-state index is 2.71. The second-order valence-electron chi connectivity index (χ2n) is 27.6. The summed E-state index contributed by atoms with van der Waals surface area (Å²) in [6, 6.07) is 118. The Hall–Kier alpha value is -10.5. The van der Waals surface area contributed by atoms with Crippen LogP contribution in [0.4, 0.5) is 17.1 Å². The number of aromatic nitrogens is 3. The Bertz CT molecular complexity index is 5320. The quantitative estimate of drug-likeness (QED) is 0.145. The molecule has 92 heavy (non-hydrogen) atoms. The summed E-state index contributed by atoms with van der Waals surface area (Å²) in [5.74, 6) is 0. The summed E-state index contributed by atoms with van der Waals surface area (Å²) in [5, 5.41) is 18.5. The summed E-state index contributed by atoms with van der Waals surface area (Å²) in [7, 11) is -6.81. The van der Waals surface area contributed by atoms with Crippen LogP contribution in [0.3, 0.4) is 0 Å². The zero-order valence-electron chi connectivity index (χ0n) is 52.7. The van der Waals surface area contributed by atoms with Crippen molar-refractivity contribution in [3.63, 3.8) is 0 Å². The van der Waals surface area contributed by atoms with Crippen molar-refractivity contribution in [2.24, 2.45) is 0 Å². The third-order valence-electron chi connectivity index (χ3n) is 20.6. The van der Waals surface area contributed by atoms with Gasteiger partial charge in [0, 0.05) is 66.4 Å². The van der Waals surface area contributed by atoms with Gasteiger partial charge in [-0.3, -0.25) is 0 Å². The SMILES string of the molecule is CC(C)(C)c1ccc2c(c1)c1cc(C(C)(C)C)ccc1n2-c1ccc2c(c1)[Si](c1ccccc1)(c1ccccc1)c1cccc3c1N2c1ccccc1[Si]3(c1cccc(-n2c3ccccc3c3ccccc32)c1)c1cccc(-n2c3ccccc3c3ccccc32)c1. The van der Waals surface area contributed by atoms with E-state index in [9.17, 15) is 0 Å². The molecule has 4 nitrogen and oxygen atoms in total. The Morgan fingerprint density at radius 1 is 0.239 bits per heavy atom. The van der Waals surface area contributed by atoms with Gasteiger partial charge in [-0.05, 0) is 161 Å². The van der Waals surface area contributed by atoms with Gasteiger partial charge in [-0.1, -0.05) is 248 Å². The molecule has 18 rings (SSSR count). The minimum absolute atomic E-state index is 0.0195. The number of nitrogens with zero attached hydrogens (tertiary/aromatic N) is 4.